The standard InChI is InChI=1S/C24H32O10/c1-5-6-7-13-8-15(31-11-25)23-9-14-17(12(2)19(27)32-14)22(23,3)34-21-24(13,23)18(20(28)33-21)30-10-16(26)29-4/h11-15,17-18,21H,5-10H2,1-4H3/t12?,13-,14?,15?,17?,18?,21?,22+,23?,24?/m1/s1. The number of rotatable bonds is 8. The molecule has 2 saturated carbocycles. The van der Waals surface area contributed by atoms with Gasteiger partial charge in [0.15, 0.2) is 6.10 Å². The van der Waals surface area contributed by atoms with Crippen LogP contribution in [0.25, 0.3) is 0 Å². The second-order valence-electron chi connectivity index (χ2n) is 10.5. The van der Waals surface area contributed by atoms with Crippen LogP contribution in [0.1, 0.15) is 52.9 Å². The first-order valence-electron chi connectivity index (χ1n) is 12.1. The lowest BCUT2D eigenvalue weighted by Gasteiger charge is -2.48. The maximum atomic E-state index is 13.2. The molecule has 10 heteroatoms. The Morgan fingerprint density at radius 3 is 2.68 bits per heavy atom. The number of unbranched alkanes of at least 4 members (excludes halogenated alkanes) is 1. The van der Waals surface area contributed by atoms with Crippen LogP contribution < -0.4 is 0 Å². The number of esters is 3. The van der Waals surface area contributed by atoms with Gasteiger partial charge in [-0.3, -0.25) is 9.59 Å². The molecule has 5 aliphatic rings. The number of fused-ring (bicyclic) bond motifs is 2. The van der Waals surface area contributed by atoms with Crippen LogP contribution in [0.3, 0.4) is 0 Å². The molecule has 0 aromatic heterocycles. The van der Waals surface area contributed by atoms with E-state index < -0.39 is 65.5 Å². The largest absolute Gasteiger partial charge is 0.467 e. The van der Waals surface area contributed by atoms with Crippen LogP contribution in [-0.4, -0.2) is 68.3 Å². The van der Waals surface area contributed by atoms with E-state index in [4.69, 9.17) is 28.4 Å². The van der Waals surface area contributed by atoms with Gasteiger partial charge in [0.2, 0.25) is 6.29 Å². The Hall–Kier alpha value is -2.20. The Balaban J connectivity index is 1.68. The summed E-state index contributed by atoms with van der Waals surface area (Å²) in [6, 6.07) is 0. The smallest absolute Gasteiger partial charge is 0.338 e. The molecular formula is C24H32O10. The zero-order valence-electron chi connectivity index (χ0n) is 19.9. The fraction of sp³-hybridized carbons (Fsp3) is 0.833. The SMILES string of the molecule is CCCC[C@@H]1CC(OC=O)C23CC4OC(=O)C(C)C4[C@]2(C)OC2OC(=O)C(OCC(=O)OC)C213. The molecule has 3 heterocycles. The van der Waals surface area contributed by atoms with Gasteiger partial charge in [-0.15, -0.1) is 0 Å². The molecule has 5 rings (SSSR count). The number of hydrogen-bond donors (Lipinski definition) is 0. The molecule has 10 atom stereocenters. The lowest BCUT2D eigenvalue weighted by atomic mass is 9.54. The quantitative estimate of drug-likeness (QED) is 0.287. The maximum absolute atomic E-state index is 13.2. The molecule has 2 aliphatic carbocycles. The van der Waals surface area contributed by atoms with E-state index >= 15 is 0 Å². The molecule has 0 radical (unpaired) electrons. The van der Waals surface area contributed by atoms with Gasteiger partial charge in [-0.25, -0.2) is 9.59 Å². The molecule has 188 valence electrons. The minimum Gasteiger partial charge on any atom is -0.467 e. The highest BCUT2D eigenvalue weighted by atomic mass is 16.7. The van der Waals surface area contributed by atoms with Crippen molar-refractivity contribution in [3.63, 3.8) is 0 Å². The Labute approximate surface area is 197 Å². The molecule has 0 aromatic rings. The first kappa shape index (κ1) is 23.5. The van der Waals surface area contributed by atoms with Gasteiger partial charge in [0.05, 0.1) is 29.5 Å². The van der Waals surface area contributed by atoms with Gasteiger partial charge in [-0.1, -0.05) is 26.7 Å². The Bertz CT molecular complexity index is 904. The van der Waals surface area contributed by atoms with E-state index in [1.807, 2.05) is 13.8 Å². The van der Waals surface area contributed by atoms with Crippen molar-refractivity contribution in [3.8, 4) is 0 Å². The summed E-state index contributed by atoms with van der Waals surface area (Å²) >= 11 is 0. The van der Waals surface area contributed by atoms with Crippen LogP contribution in [-0.2, 0) is 47.6 Å². The average Bonchev–Trinajstić information content (AvgIpc) is 3.46. The highest BCUT2D eigenvalue weighted by molar-refractivity contribution is 5.81. The second kappa shape index (κ2) is 7.91. The summed E-state index contributed by atoms with van der Waals surface area (Å²) in [5.74, 6) is -2.37. The van der Waals surface area contributed by atoms with Gasteiger partial charge < -0.3 is 28.4 Å². The van der Waals surface area contributed by atoms with Gasteiger partial charge in [-0.05, 0) is 32.1 Å². The molecule has 0 N–H and O–H groups in total. The molecule has 5 fully saturated rings. The normalized spacial score (nSPS) is 47.9. The number of hydrogen-bond acceptors (Lipinski definition) is 10. The summed E-state index contributed by atoms with van der Waals surface area (Å²) in [7, 11) is 1.25. The van der Waals surface area contributed by atoms with Crippen LogP contribution >= 0.6 is 0 Å². The van der Waals surface area contributed by atoms with E-state index in [0.717, 1.165) is 19.3 Å². The minimum absolute atomic E-state index is 0.136. The van der Waals surface area contributed by atoms with Gasteiger partial charge in [0.1, 0.15) is 18.8 Å². The van der Waals surface area contributed by atoms with Crippen LogP contribution in [0.2, 0.25) is 0 Å². The zero-order valence-corrected chi connectivity index (χ0v) is 19.9. The van der Waals surface area contributed by atoms with Crippen molar-refractivity contribution in [2.24, 2.45) is 28.6 Å². The molecule has 0 amide bonds. The van der Waals surface area contributed by atoms with E-state index in [9.17, 15) is 19.2 Å². The molecule has 34 heavy (non-hydrogen) atoms. The molecule has 10 nitrogen and oxygen atoms in total. The Morgan fingerprint density at radius 1 is 1.24 bits per heavy atom. The highest BCUT2D eigenvalue weighted by Gasteiger charge is 2.91. The van der Waals surface area contributed by atoms with Crippen molar-refractivity contribution in [2.45, 2.75) is 83.1 Å². The van der Waals surface area contributed by atoms with E-state index in [-0.39, 0.29) is 17.8 Å². The van der Waals surface area contributed by atoms with Crippen molar-refractivity contribution in [1.82, 2.24) is 0 Å². The summed E-state index contributed by atoms with van der Waals surface area (Å²) in [5, 5.41) is 0. The van der Waals surface area contributed by atoms with E-state index in [2.05, 4.69) is 6.92 Å². The molecule has 0 bridgehead atoms. The maximum Gasteiger partial charge on any atom is 0.338 e. The Morgan fingerprint density at radius 2 is 2.00 bits per heavy atom. The summed E-state index contributed by atoms with van der Waals surface area (Å²) < 4.78 is 34.6. The predicted octanol–water partition coefficient (Wildman–Crippen LogP) is 1.52. The molecule has 2 spiro atoms. The summed E-state index contributed by atoms with van der Waals surface area (Å²) in [5.41, 5.74) is -2.89. The Kier molecular flexibility index (Phi) is 5.48. The van der Waals surface area contributed by atoms with Crippen molar-refractivity contribution < 1.29 is 47.6 Å². The van der Waals surface area contributed by atoms with Crippen molar-refractivity contribution in [2.75, 3.05) is 13.7 Å². The third-order valence-electron chi connectivity index (χ3n) is 9.45. The second-order valence-corrected chi connectivity index (χ2v) is 10.5. The zero-order chi connectivity index (χ0) is 24.5. The summed E-state index contributed by atoms with van der Waals surface area (Å²) in [4.78, 5) is 49.3. The van der Waals surface area contributed by atoms with Gasteiger partial charge in [0, 0.05) is 5.92 Å². The first-order chi connectivity index (χ1) is 16.2. The average molecular weight is 481 g/mol. The number of ether oxygens (including phenoxy) is 6. The molecule has 8 unspecified atom stereocenters. The molecule has 0 aromatic carbocycles. The van der Waals surface area contributed by atoms with Crippen LogP contribution in [0.4, 0.5) is 0 Å². The number of carbonyl (C=O) groups excluding carboxylic acids is 4. The third-order valence-corrected chi connectivity index (χ3v) is 9.45. The van der Waals surface area contributed by atoms with Gasteiger partial charge >= 0.3 is 17.9 Å². The van der Waals surface area contributed by atoms with E-state index in [1.54, 1.807) is 0 Å². The summed E-state index contributed by atoms with van der Waals surface area (Å²) in [6.07, 6.45) is 0.346. The molecule has 3 aliphatic heterocycles. The topological polar surface area (TPSA) is 124 Å². The monoisotopic (exact) mass is 480 g/mol. The van der Waals surface area contributed by atoms with Crippen molar-refractivity contribution in [1.29, 1.82) is 0 Å². The predicted molar refractivity (Wildman–Crippen MR) is 112 cm³/mol. The lowest BCUT2D eigenvalue weighted by molar-refractivity contribution is -0.201. The molecule has 3 saturated heterocycles. The number of methoxy groups -OCH3 is 1. The highest BCUT2D eigenvalue weighted by Crippen LogP contribution is 2.80. The minimum atomic E-state index is -1.11. The van der Waals surface area contributed by atoms with Gasteiger partial charge in [0.25, 0.3) is 6.47 Å². The first-order valence-corrected chi connectivity index (χ1v) is 12.1. The van der Waals surface area contributed by atoms with Crippen LogP contribution in [0.5, 0.6) is 0 Å². The van der Waals surface area contributed by atoms with Crippen LogP contribution in [0, 0.1) is 28.6 Å². The lowest BCUT2D eigenvalue weighted by Crippen LogP contribution is -2.59. The number of carbonyl (C=O) groups is 4. The van der Waals surface area contributed by atoms with Gasteiger partial charge in [-0.2, -0.15) is 0 Å². The third kappa shape index (κ3) is 2.58. The van der Waals surface area contributed by atoms with Crippen molar-refractivity contribution >= 4 is 24.4 Å². The fourth-order valence-corrected chi connectivity index (χ4v) is 8.40. The molecular weight excluding hydrogens is 448 g/mol. The van der Waals surface area contributed by atoms with E-state index in [1.165, 1.54) is 7.11 Å². The van der Waals surface area contributed by atoms with Crippen molar-refractivity contribution in [3.05, 3.63) is 0 Å². The fourth-order valence-electron chi connectivity index (χ4n) is 8.40. The van der Waals surface area contributed by atoms with Crippen LogP contribution in [0.15, 0.2) is 0 Å². The summed E-state index contributed by atoms with van der Waals surface area (Å²) in [6.45, 7) is 5.84. The van der Waals surface area contributed by atoms with E-state index in [0.29, 0.717) is 19.3 Å².